The van der Waals surface area contributed by atoms with E-state index < -0.39 is 0 Å². The summed E-state index contributed by atoms with van der Waals surface area (Å²) < 4.78 is 2.01. The van der Waals surface area contributed by atoms with Crippen LogP contribution in [0.25, 0.3) is 0 Å². The van der Waals surface area contributed by atoms with Crippen LogP contribution in [0.5, 0.6) is 0 Å². The van der Waals surface area contributed by atoms with Gasteiger partial charge in [0.2, 0.25) is 0 Å². The van der Waals surface area contributed by atoms with Gasteiger partial charge in [-0.15, -0.1) is 0 Å². The SMILES string of the molecule is CCNC(CC)CCCn1c2c(ccc1=O)CCC2. The third-order valence-corrected chi connectivity index (χ3v) is 4.17. The highest BCUT2D eigenvalue weighted by molar-refractivity contribution is 5.25. The van der Waals surface area contributed by atoms with E-state index in [-0.39, 0.29) is 5.56 Å². The van der Waals surface area contributed by atoms with Crippen LogP contribution in [0.2, 0.25) is 0 Å². The Morgan fingerprint density at radius 1 is 1.32 bits per heavy atom. The Bertz CT molecular complexity index is 464. The number of nitrogens with one attached hydrogen (secondary N) is 1. The third kappa shape index (κ3) is 3.47. The smallest absolute Gasteiger partial charge is 0.250 e. The van der Waals surface area contributed by atoms with Crippen molar-refractivity contribution >= 4 is 0 Å². The Hall–Kier alpha value is -1.09. The first-order chi connectivity index (χ1) is 9.26. The Labute approximate surface area is 116 Å². The summed E-state index contributed by atoms with van der Waals surface area (Å²) in [6.45, 7) is 6.28. The summed E-state index contributed by atoms with van der Waals surface area (Å²) in [7, 11) is 0. The minimum absolute atomic E-state index is 0.178. The Kier molecular flexibility index (Phi) is 5.20. The summed E-state index contributed by atoms with van der Waals surface area (Å²) in [6.07, 6.45) is 6.83. The Morgan fingerprint density at radius 2 is 2.16 bits per heavy atom. The van der Waals surface area contributed by atoms with E-state index in [1.165, 1.54) is 17.7 Å². The number of aryl methyl sites for hydroxylation is 1. The molecule has 106 valence electrons. The van der Waals surface area contributed by atoms with Gasteiger partial charge in [-0.25, -0.2) is 0 Å². The van der Waals surface area contributed by atoms with Crippen LogP contribution in [0.3, 0.4) is 0 Å². The van der Waals surface area contributed by atoms with Crippen molar-refractivity contribution in [1.29, 1.82) is 0 Å². The van der Waals surface area contributed by atoms with Crippen LogP contribution in [0.4, 0.5) is 0 Å². The van der Waals surface area contributed by atoms with Crippen molar-refractivity contribution in [2.75, 3.05) is 6.54 Å². The van der Waals surface area contributed by atoms with Crippen molar-refractivity contribution in [2.45, 2.75) is 65.0 Å². The molecule has 1 N–H and O–H groups in total. The van der Waals surface area contributed by atoms with Gasteiger partial charge in [0.05, 0.1) is 0 Å². The summed E-state index contributed by atoms with van der Waals surface area (Å²) in [6, 6.07) is 4.36. The number of rotatable bonds is 7. The highest BCUT2D eigenvalue weighted by Crippen LogP contribution is 2.20. The zero-order valence-electron chi connectivity index (χ0n) is 12.2. The fraction of sp³-hybridized carbons (Fsp3) is 0.688. The lowest BCUT2D eigenvalue weighted by molar-refractivity contribution is 0.443. The van der Waals surface area contributed by atoms with Gasteiger partial charge in [-0.3, -0.25) is 4.79 Å². The van der Waals surface area contributed by atoms with Crippen molar-refractivity contribution in [3.63, 3.8) is 0 Å². The lowest BCUT2D eigenvalue weighted by Crippen LogP contribution is -2.29. The molecule has 1 aromatic rings. The van der Waals surface area contributed by atoms with Gasteiger partial charge in [-0.05, 0) is 50.6 Å². The lowest BCUT2D eigenvalue weighted by atomic mass is 10.1. The molecule has 0 radical (unpaired) electrons. The second-order valence-corrected chi connectivity index (χ2v) is 5.45. The van der Waals surface area contributed by atoms with Crippen LogP contribution in [0.1, 0.15) is 50.8 Å². The molecule has 1 aliphatic carbocycles. The second-order valence-electron chi connectivity index (χ2n) is 5.45. The first-order valence-electron chi connectivity index (χ1n) is 7.71. The molecule has 0 amide bonds. The van der Waals surface area contributed by atoms with Gasteiger partial charge >= 0.3 is 0 Å². The molecule has 0 bridgehead atoms. The van der Waals surface area contributed by atoms with Crippen molar-refractivity contribution in [3.8, 4) is 0 Å². The van der Waals surface area contributed by atoms with E-state index in [1.807, 2.05) is 10.6 Å². The summed E-state index contributed by atoms with van der Waals surface area (Å²) in [5, 5.41) is 3.50. The van der Waals surface area contributed by atoms with Gasteiger partial charge in [0.1, 0.15) is 0 Å². The average molecular weight is 262 g/mol. The number of aromatic nitrogens is 1. The van der Waals surface area contributed by atoms with Crippen LogP contribution < -0.4 is 10.9 Å². The predicted octanol–water partition coefficient (Wildman–Crippen LogP) is 2.51. The van der Waals surface area contributed by atoms with E-state index in [9.17, 15) is 4.79 Å². The summed E-state index contributed by atoms with van der Waals surface area (Å²) in [5.74, 6) is 0. The molecule has 0 spiro atoms. The van der Waals surface area contributed by atoms with Gasteiger partial charge in [0.15, 0.2) is 0 Å². The van der Waals surface area contributed by atoms with Crippen LogP contribution in [0, 0.1) is 0 Å². The highest BCUT2D eigenvalue weighted by atomic mass is 16.1. The van der Waals surface area contributed by atoms with Gasteiger partial charge in [-0.1, -0.05) is 19.9 Å². The van der Waals surface area contributed by atoms with E-state index in [0.717, 1.165) is 45.2 Å². The molecule has 1 aliphatic rings. The van der Waals surface area contributed by atoms with Gasteiger partial charge in [-0.2, -0.15) is 0 Å². The normalized spacial score (nSPS) is 15.5. The minimum Gasteiger partial charge on any atom is -0.314 e. The van der Waals surface area contributed by atoms with Crippen LogP contribution in [-0.2, 0) is 19.4 Å². The van der Waals surface area contributed by atoms with Crippen LogP contribution in [-0.4, -0.2) is 17.2 Å². The van der Waals surface area contributed by atoms with E-state index in [0.29, 0.717) is 6.04 Å². The fourth-order valence-electron chi connectivity index (χ4n) is 3.11. The Morgan fingerprint density at radius 3 is 2.89 bits per heavy atom. The van der Waals surface area contributed by atoms with E-state index in [4.69, 9.17) is 0 Å². The standard InChI is InChI=1S/C16H26N2O/c1-3-14(17-4-2)8-6-12-18-15-9-5-7-13(15)10-11-16(18)19/h10-11,14,17H,3-9,12H2,1-2H3. The van der Waals surface area contributed by atoms with Crippen molar-refractivity contribution < 1.29 is 0 Å². The van der Waals surface area contributed by atoms with Crippen molar-refractivity contribution in [3.05, 3.63) is 33.7 Å². The molecule has 3 nitrogen and oxygen atoms in total. The summed E-state index contributed by atoms with van der Waals surface area (Å²) in [5.41, 5.74) is 2.86. The zero-order valence-corrected chi connectivity index (χ0v) is 12.2. The number of hydrogen-bond acceptors (Lipinski definition) is 2. The first-order valence-corrected chi connectivity index (χ1v) is 7.71. The van der Waals surface area contributed by atoms with E-state index in [2.05, 4.69) is 19.2 Å². The molecule has 0 aromatic carbocycles. The molecule has 19 heavy (non-hydrogen) atoms. The van der Waals surface area contributed by atoms with Crippen LogP contribution >= 0.6 is 0 Å². The first kappa shape index (κ1) is 14.3. The predicted molar refractivity (Wildman–Crippen MR) is 79.7 cm³/mol. The molecule has 2 rings (SSSR count). The van der Waals surface area contributed by atoms with Gasteiger partial charge < -0.3 is 9.88 Å². The van der Waals surface area contributed by atoms with Crippen LogP contribution in [0.15, 0.2) is 16.9 Å². The maximum Gasteiger partial charge on any atom is 0.250 e. The third-order valence-electron chi connectivity index (χ3n) is 4.17. The quantitative estimate of drug-likeness (QED) is 0.819. The average Bonchev–Trinajstić information content (AvgIpc) is 2.88. The molecule has 0 saturated carbocycles. The molecule has 1 heterocycles. The number of nitrogens with zero attached hydrogens (tertiary/aromatic N) is 1. The highest BCUT2D eigenvalue weighted by Gasteiger charge is 2.15. The topological polar surface area (TPSA) is 34.0 Å². The monoisotopic (exact) mass is 262 g/mol. The molecule has 1 aromatic heterocycles. The zero-order chi connectivity index (χ0) is 13.7. The molecular formula is C16H26N2O. The molecule has 3 heteroatoms. The summed E-state index contributed by atoms with van der Waals surface area (Å²) >= 11 is 0. The van der Waals surface area contributed by atoms with Crippen molar-refractivity contribution in [1.82, 2.24) is 9.88 Å². The lowest BCUT2D eigenvalue weighted by Gasteiger charge is -2.17. The maximum atomic E-state index is 12.0. The molecule has 0 aliphatic heterocycles. The number of hydrogen-bond donors (Lipinski definition) is 1. The number of pyridine rings is 1. The van der Waals surface area contributed by atoms with Gasteiger partial charge in [0.25, 0.3) is 5.56 Å². The molecular weight excluding hydrogens is 236 g/mol. The number of fused-ring (bicyclic) bond motifs is 1. The molecule has 0 fully saturated rings. The molecule has 1 unspecified atom stereocenters. The molecule has 1 atom stereocenters. The fourth-order valence-corrected chi connectivity index (χ4v) is 3.11. The molecule has 0 saturated heterocycles. The van der Waals surface area contributed by atoms with E-state index >= 15 is 0 Å². The minimum atomic E-state index is 0.178. The largest absolute Gasteiger partial charge is 0.314 e. The maximum absolute atomic E-state index is 12.0. The van der Waals surface area contributed by atoms with E-state index in [1.54, 1.807) is 6.07 Å². The van der Waals surface area contributed by atoms with Gasteiger partial charge in [0, 0.05) is 24.3 Å². The van der Waals surface area contributed by atoms with Crippen molar-refractivity contribution in [2.24, 2.45) is 0 Å². The second kappa shape index (κ2) is 6.90. The summed E-state index contributed by atoms with van der Waals surface area (Å²) in [4.78, 5) is 12.0. The Balaban J connectivity index is 1.97.